The van der Waals surface area contributed by atoms with E-state index in [1.54, 1.807) is 12.4 Å². The third kappa shape index (κ3) is 21.1. The second-order valence-corrected chi connectivity index (χ2v) is 55.6. The number of aromatic nitrogens is 8. The number of hydrogen-bond acceptors (Lipinski definition) is 37. The zero-order chi connectivity index (χ0) is 103. The molecule has 10 aliphatic carbocycles. The van der Waals surface area contributed by atoms with E-state index >= 15 is 0 Å². The lowest BCUT2D eigenvalue weighted by molar-refractivity contribution is -0.167. The first-order valence-corrected chi connectivity index (χ1v) is 58.9. The van der Waals surface area contributed by atoms with Crippen LogP contribution < -0.4 is 17.2 Å². The summed E-state index contributed by atoms with van der Waals surface area (Å²) in [5, 5.41) is 53.0. The van der Waals surface area contributed by atoms with Crippen LogP contribution in [-0.4, -0.2) is 262 Å². The molecule has 50 heteroatoms. The molecule has 3 saturated heterocycles. The van der Waals surface area contributed by atoms with Crippen molar-refractivity contribution in [3.05, 3.63) is 50.1 Å². The molecule has 17 aliphatic rings. The molecule has 41 nitrogen and oxygen atoms in total. The van der Waals surface area contributed by atoms with Crippen LogP contribution in [0.4, 0.5) is 40.2 Å². The Morgan fingerprint density at radius 2 is 0.638 bits per heavy atom. The summed E-state index contributed by atoms with van der Waals surface area (Å²) in [7, 11) is -18.0. The van der Waals surface area contributed by atoms with E-state index in [1.807, 2.05) is 137 Å². The molecular weight excluding hydrogens is 2020 g/mol. The fourth-order valence-electron chi connectivity index (χ4n) is 26.0. The summed E-state index contributed by atoms with van der Waals surface area (Å²) < 4.78 is 135. The van der Waals surface area contributed by atoms with E-state index in [4.69, 9.17) is 139 Å². The minimum absolute atomic E-state index is 0.0108. The maximum Gasteiger partial charge on any atom is 0.331 e. The number of ether oxygens (including phenoxy) is 6. The Hall–Kier alpha value is -4.13. The summed E-state index contributed by atoms with van der Waals surface area (Å²) in [5.41, 5.74) is 20.6. The van der Waals surface area contributed by atoms with Crippen molar-refractivity contribution >= 4 is 149 Å². The van der Waals surface area contributed by atoms with Crippen molar-refractivity contribution in [3.8, 4) is 0 Å². The summed E-state index contributed by atoms with van der Waals surface area (Å²) in [6, 6.07) is 0. The van der Waals surface area contributed by atoms with Gasteiger partial charge in [0, 0.05) is 99.3 Å². The standard InChI is InChI=1S/C23H32Cl2N3O5P.C23H34ClN4O5P.C17H31O6P.C14H18ClN4O5P.C14H19N4O5P/c1-11(2)32-34(29,33-12(3)4)8-7-23-9-14(23)15(18-19(23)31-22(5,6)30-18)13-10-26-17-16(13)27-21(25)28-20(17)24;1-11(2)32-34(29,33-12(3)4)8-7-23-9-14(23)15(18-19(23)31-22(5,6)30-18)13-10-26-17-16(13)27-21(24)28-20(17)25;1-10(2)22-24(19,23-11(3)4)8-7-17-9-12(17)13(18)14-15(17)21-16(5,6)20-14;15-13-18-8-5(4-17-9(8)12(16)19-13)7-6-3-14(6,11(21)10(7)20)1-2-25(22,23)24;15-13-10-9(17-5-18-13)6(4-16-10)8-7-3-14(7,12(20)11(8)19)1-2-24(21,22)23/h10-15,18-19H,7-9H2,1-6H3;10-15,18-19H,7-9H2,1-6H3,(H2,25,27,28);10-15,18H,7-9H2,1-6H3;4-7,10-11,20-21H,1-3H2,(H2,16,18,19)(H2,22,23,24);4-8,11-12,19-20H,1-3H2,(H2,15,17,18)(H2,21,22,23)/t2*13?,14-,15-,18+,19+,23-;12-,13+,14+,15+,17-;5?,6-,7-,10+,11+,14-;6?,7-,8-,11+,12+,14-/m11111/s1. The molecule has 0 aromatic carbocycles. The number of nitrogens with two attached hydrogens (primary N) is 3. The summed E-state index contributed by atoms with van der Waals surface area (Å²) in [5.74, 6) is -2.00. The Labute approximate surface area is 839 Å². The number of hydrogen-bond donors (Lipinski definition) is 12. The Kier molecular flexibility index (Phi) is 29.6. The van der Waals surface area contributed by atoms with E-state index in [-0.39, 0.29) is 218 Å². The third-order valence-electron chi connectivity index (χ3n) is 31.4. The van der Waals surface area contributed by atoms with Gasteiger partial charge in [0.1, 0.15) is 35.2 Å². The molecule has 0 amide bonds. The molecular formula is C91H134Cl4N15O26P5. The summed E-state index contributed by atoms with van der Waals surface area (Å²) in [6.07, 6.45) is 8.70. The second-order valence-electron chi connectivity index (χ2n) is 44.4. The van der Waals surface area contributed by atoms with Crippen molar-refractivity contribution in [2.75, 3.05) is 48.0 Å². The van der Waals surface area contributed by atoms with E-state index in [9.17, 15) is 48.4 Å². The molecule has 29 atom stereocenters. The van der Waals surface area contributed by atoms with Gasteiger partial charge in [-0.2, -0.15) is 9.97 Å². The highest BCUT2D eigenvalue weighted by atomic mass is 35.5. The fourth-order valence-corrected chi connectivity index (χ4v) is 34.9. The number of halogens is 4. The lowest BCUT2D eigenvalue weighted by Gasteiger charge is -2.27. The van der Waals surface area contributed by atoms with Crippen LogP contribution in [0.1, 0.15) is 235 Å². The highest BCUT2D eigenvalue weighted by Gasteiger charge is 2.80. The van der Waals surface area contributed by atoms with Crippen molar-refractivity contribution in [2.24, 2.45) is 100 Å². The lowest BCUT2D eigenvalue weighted by Crippen LogP contribution is -2.36. The van der Waals surface area contributed by atoms with Crippen LogP contribution >= 0.6 is 84.4 Å². The molecule has 4 aromatic heterocycles. The zero-order valence-electron chi connectivity index (χ0n) is 82.1. The number of fused-ring (bicyclic) bond motifs is 15. The Bertz CT molecular complexity index is 5630. The molecule has 0 spiro atoms. The Morgan fingerprint density at radius 1 is 0.355 bits per heavy atom. The SMILES string of the molecule is CC(C)OP(=O)(CC[C@@]12C[C@@H]1[C@@H](C1C=Nc3c(Cl)nc(Cl)nc31)[C@@H]1OC(C)(C)O[C@@H]12)OC(C)C.CC(C)OP(=O)(CC[C@@]12C[C@@H]1[C@@H](C1C=Nc3c(N)nc(Cl)nc31)[C@@H]1OC(C)(C)O[C@@H]12)OC(C)C.CC(C)OP(=O)(CC[C@@]12C[C@@H]1[C@H](O)[C@@H]1OC(C)(C)O[C@@H]12)OC(C)C.Nc1nc(Cl)nc2c1N=CC2[C@H]1[C@H](O)[C@H](O)[C@]2(CCP(=O)(O)O)C[C@H]12.Nc1ncnc2c1N=CC2[C@H]1[C@H](O)[C@H](O)[C@]2(CCP(=O)(O)O)C[C@H]12. The smallest absolute Gasteiger partial charge is 0.331 e. The monoisotopic (exact) mass is 2150 g/mol. The number of aliphatic hydroxyl groups excluding tert-OH is 5. The Morgan fingerprint density at radius 3 is 1.00 bits per heavy atom. The number of aliphatic imine (C=N–C) groups is 4. The summed E-state index contributed by atoms with van der Waals surface area (Å²) in [6.45, 7) is 34.0. The van der Waals surface area contributed by atoms with Crippen molar-refractivity contribution < 1.29 is 123 Å². The van der Waals surface area contributed by atoms with E-state index in [0.29, 0.717) is 96.6 Å². The van der Waals surface area contributed by atoms with Gasteiger partial charge in [0.2, 0.25) is 15.9 Å². The van der Waals surface area contributed by atoms with Crippen LogP contribution in [0.3, 0.4) is 0 Å². The summed E-state index contributed by atoms with van der Waals surface area (Å²) >= 11 is 24.5. The largest absolute Gasteiger partial charge is 0.390 e. The highest BCUT2D eigenvalue weighted by Crippen LogP contribution is 2.79. The van der Waals surface area contributed by atoms with E-state index in [2.05, 4.69) is 59.8 Å². The van der Waals surface area contributed by atoms with Gasteiger partial charge in [-0.3, -0.25) is 42.8 Å². The van der Waals surface area contributed by atoms with Crippen molar-refractivity contribution in [1.29, 1.82) is 0 Å². The number of aliphatic hydroxyl groups is 5. The van der Waals surface area contributed by atoms with Crippen LogP contribution in [0.15, 0.2) is 26.3 Å². The van der Waals surface area contributed by atoms with Crippen LogP contribution in [0.2, 0.25) is 21.0 Å². The van der Waals surface area contributed by atoms with Gasteiger partial charge in [-0.25, -0.2) is 29.9 Å². The van der Waals surface area contributed by atoms with Gasteiger partial charge in [-0.15, -0.1) is 0 Å². The first kappa shape index (κ1) is 108. The molecule has 11 heterocycles. The molecule has 21 rings (SSSR count). The van der Waals surface area contributed by atoms with Crippen LogP contribution in [0, 0.1) is 80.3 Å². The topological polar surface area (TPSA) is 609 Å². The third-order valence-corrected chi connectivity index (χ3v) is 40.6. The first-order chi connectivity index (χ1) is 65.5. The molecule has 7 aliphatic heterocycles. The van der Waals surface area contributed by atoms with E-state index in [1.165, 1.54) is 6.33 Å². The molecule has 0 radical (unpaired) electrons. The van der Waals surface area contributed by atoms with E-state index in [0.717, 1.165) is 30.7 Å². The average molecular weight is 2150 g/mol. The molecule has 782 valence electrons. The quantitative estimate of drug-likeness (QED) is 0.0126. The molecule has 10 saturated carbocycles. The van der Waals surface area contributed by atoms with Gasteiger partial charge >= 0.3 is 38.0 Å². The number of anilines is 3. The van der Waals surface area contributed by atoms with Crippen molar-refractivity contribution in [2.45, 2.75) is 334 Å². The minimum atomic E-state index is -4.17. The van der Waals surface area contributed by atoms with Gasteiger partial charge in [0.05, 0.1) is 151 Å². The minimum Gasteiger partial charge on any atom is -0.390 e. The maximum absolute atomic E-state index is 13.6. The average Bonchev–Trinajstić information content (AvgIpc) is 1.51. The number of nitrogens with zero attached hydrogens (tertiary/aromatic N) is 12. The molecule has 4 unspecified atom stereocenters. The van der Waals surface area contributed by atoms with Crippen molar-refractivity contribution in [1.82, 2.24) is 39.9 Å². The van der Waals surface area contributed by atoms with Crippen LogP contribution in [0.5, 0.6) is 0 Å². The van der Waals surface area contributed by atoms with Gasteiger partial charge in [-0.1, -0.05) is 11.6 Å². The number of rotatable bonds is 31. The van der Waals surface area contributed by atoms with Crippen LogP contribution in [0.25, 0.3) is 0 Å². The molecule has 141 heavy (non-hydrogen) atoms. The number of nitrogen functional groups attached to an aromatic ring is 3. The fraction of sp³-hybridized carbons (Fsp3) is 0.780. The normalized spacial score (nSPS) is 37.4. The predicted octanol–water partition coefficient (Wildman–Crippen LogP) is 14.8. The predicted molar refractivity (Wildman–Crippen MR) is 525 cm³/mol. The second kappa shape index (κ2) is 38.7. The Balaban J connectivity index is 0.000000123. The van der Waals surface area contributed by atoms with Gasteiger partial charge in [0.15, 0.2) is 40.0 Å². The van der Waals surface area contributed by atoms with Gasteiger partial charge < -0.3 is 118 Å². The molecule has 0 bridgehead atoms. The molecule has 4 aromatic rings. The van der Waals surface area contributed by atoms with Gasteiger partial charge in [-0.05, 0) is 253 Å². The first-order valence-electron chi connectivity index (χ1n) is 48.6. The van der Waals surface area contributed by atoms with Crippen LogP contribution in [-0.2, 0) is 78.4 Å². The zero-order valence-corrected chi connectivity index (χ0v) is 89.6. The summed E-state index contributed by atoms with van der Waals surface area (Å²) in [4.78, 5) is 87.3. The molecule has 15 N–H and O–H groups in total. The maximum atomic E-state index is 13.6. The lowest BCUT2D eigenvalue weighted by atomic mass is 9.84. The van der Waals surface area contributed by atoms with E-state index < -0.39 is 96.7 Å². The van der Waals surface area contributed by atoms with Gasteiger partial charge in [0.25, 0.3) is 0 Å². The highest BCUT2D eigenvalue weighted by molar-refractivity contribution is 7.54. The molecule has 13 fully saturated rings. The van der Waals surface area contributed by atoms with Crippen molar-refractivity contribution in [3.63, 3.8) is 0 Å².